The molecule has 0 radical (unpaired) electrons. The zero-order valence-electron chi connectivity index (χ0n) is 18.5. The Bertz CT molecular complexity index is 748. The highest BCUT2D eigenvalue weighted by atomic mass is 19.4. The van der Waals surface area contributed by atoms with Crippen molar-refractivity contribution in [2.45, 2.75) is 83.7 Å². The number of aromatic nitrogens is 1. The largest absolute Gasteiger partial charge is 0.417 e. The number of carbonyl (C=O) groups excluding carboxylic acids is 1. The van der Waals surface area contributed by atoms with E-state index in [0.29, 0.717) is 30.3 Å². The molecule has 2 unspecified atom stereocenters. The van der Waals surface area contributed by atoms with Crippen LogP contribution < -0.4 is 0 Å². The van der Waals surface area contributed by atoms with Crippen LogP contribution in [0.2, 0.25) is 0 Å². The van der Waals surface area contributed by atoms with Gasteiger partial charge in [-0.2, -0.15) is 13.2 Å². The van der Waals surface area contributed by atoms with Crippen molar-refractivity contribution in [1.29, 1.82) is 0 Å². The summed E-state index contributed by atoms with van der Waals surface area (Å²) in [5, 5.41) is 9.67. The van der Waals surface area contributed by atoms with Crippen molar-refractivity contribution in [2.75, 3.05) is 19.6 Å². The Morgan fingerprint density at radius 3 is 2.48 bits per heavy atom. The van der Waals surface area contributed by atoms with Crippen molar-refractivity contribution in [2.24, 2.45) is 5.92 Å². The molecule has 2 fully saturated rings. The van der Waals surface area contributed by atoms with Gasteiger partial charge in [0.05, 0.1) is 11.7 Å². The summed E-state index contributed by atoms with van der Waals surface area (Å²) >= 11 is 0. The Morgan fingerprint density at radius 1 is 1.16 bits per heavy atom. The van der Waals surface area contributed by atoms with Crippen LogP contribution in [-0.2, 0) is 23.9 Å². The molecule has 1 aromatic heterocycles. The standard InChI is InChI=1S/C20H26F3N3O2.C3H8/c21-20(22,23)15-9-14-12-26(8-5-18(14)24-11-15)19(28)13-1-2-16(10-13)25-6-3-17(27)4-7-25;1-3-2/h9,11,13,16-17,27H,1-8,10,12H2;3H2,1-2H3. The van der Waals surface area contributed by atoms with Gasteiger partial charge in [-0.1, -0.05) is 20.3 Å². The van der Waals surface area contributed by atoms with Crippen LogP contribution in [0.25, 0.3) is 0 Å². The lowest BCUT2D eigenvalue weighted by atomic mass is 9.99. The molecular formula is C23H34F3N3O2. The van der Waals surface area contributed by atoms with E-state index in [1.165, 1.54) is 6.42 Å². The minimum absolute atomic E-state index is 0.0580. The number of pyridine rings is 1. The first-order valence-electron chi connectivity index (χ1n) is 11.5. The van der Waals surface area contributed by atoms with Gasteiger partial charge in [-0.05, 0) is 43.7 Å². The third kappa shape index (κ3) is 5.98. The van der Waals surface area contributed by atoms with Gasteiger partial charge in [0.25, 0.3) is 0 Å². The number of amides is 1. The lowest BCUT2D eigenvalue weighted by Crippen LogP contribution is -2.43. The lowest BCUT2D eigenvalue weighted by Gasteiger charge is -2.35. The summed E-state index contributed by atoms with van der Waals surface area (Å²) in [5.74, 6) is -0.000219. The fourth-order valence-electron chi connectivity index (χ4n) is 4.79. The van der Waals surface area contributed by atoms with Crippen molar-refractivity contribution >= 4 is 5.91 Å². The number of likely N-dealkylation sites (tertiary alicyclic amines) is 1. The smallest absolute Gasteiger partial charge is 0.393 e. The number of fused-ring (bicyclic) bond motifs is 1. The van der Waals surface area contributed by atoms with Crippen molar-refractivity contribution in [3.05, 3.63) is 29.1 Å². The van der Waals surface area contributed by atoms with E-state index in [4.69, 9.17) is 0 Å². The average Bonchev–Trinajstić information content (AvgIpc) is 3.23. The second-order valence-corrected chi connectivity index (χ2v) is 8.98. The molecule has 0 bridgehead atoms. The summed E-state index contributed by atoms with van der Waals surface area (Å²) in [6, 6.07) is 1.51. The van der Waals surface area contributed by atoms with Crippen LogP contribution in [0.3, 0.4) is 0 Å². The maximum Gasteiger partial charge on any atom is 0.417 e. The van der Waals surface area contributed by atoms with E-state index in [1.54, 1.807) is 4.90 Å². The Balaban J connectivity index is 0.000000858. The predicted octanol–water partition coefficient (Wildman–Crippen LogP) is 4.03. The number of hydrogen-bond acceptors (Lipinski definition) is 4. The van der Waals surface area contributed by atoms with Crippen LogP contribution in [0.15, 0.2) is 12.3 Å². The molecule has 1 saturated carbocycles. The van der Waals surface area contributed by atoms with Gasteiger partial charge in [-0.3, -0.25) is 9.78 Å². The first-order valence-corrected chi connectivity index (χ1v) is 11.5. The Morgan fingerprint density at radius 2 is 1.84 bits per heavy atom. The van der Waals surface area contributed by atoms with Gasteiger partial charge in [0, 0.05) is 56.5 Å². The van der Waals surface area contributed by atoms with Crippen LogP contribution in [-0.4, -0.2) is 57.6 Å². The number of aliphatic hydroxyl groups excluding tert-OH is 1. The Hall–Kier alpha value is -1.67. The summed E-state index contributed by atoms with van der Waals surface area (Å²) in [7, 11) is 0. The second-order valence-electron chi connectivity index (χ2n) is 8.98. The van der Waals surface area contributed by atoms with Crippen LogP contribution in [0, 0.1) is 5.92 Å². The van der Waals surface area contributed by atoms with E-state index >= 15 is 0 Å². The highest BCUT2D eigenvalue weighted by molar-refractivity contribution is 5.79. The van der Waals surface area contributed by atoms with Gasteiger partial charge < -0.3 is 14.9 Å². The highest BCUT2D eigenvalue weighted by Gasteiger charge is 2.38. The third-order valence-electron chi connectivity index (χ3n) is 6.45. The van der Waals surface area contributed by atoms with Crippen LogP contribution in [0.1, 0.15) is 69.2 Å². The second kappa shape index (κ2) is 10.3. The maximum atomic E-state index is 13.0. The topological polar surface area (TPSA) is 56.7 Å². The van der Waals surface area contributed by atoms with Crippen LogP contribution in [0.5, 0.6) is 0 Å². The van der Waals surface area contributed by atoms with Crippen LogP contribution >= 0.6 is 0 Å². The number of piperidine rings is 1. The number of nitrogens with zero attached hydrogens (tertiary/aromatic N) is 3. The van der Waals surface area contributed by atoms with E-state index in [9.17, 15) is 23.1 Å². The molecule has 2 atom stereocenters. The molecule has 4 rings (SSSR count). The Kier molecular flexibility index (Phi) is 7.97. The fourth-order valence-corrected chi connectivity index (χ4v) is 4.79. The van der Waals surface area contributed by atoms with E-state index in [-0.39, 0.29) is 24.5 Å². The van der Waals surface area contributed by atoms with Crippen LogP contribution in [0.4, 0.5) is 13.2 Å². The summed E-state index contributed by atoms with van der Waals surface area (Å²) in [6.45, 7) is 6.72. The molecule has 31 heavy (non-hydrogen) atoms. The molecule has 3 aliphatic rings. The number of halogens is 3. The van der Waals surface area contributed by atoms with Gasteiger partial charge in [0.2, 0.25) is 5.91 Å². The molecule has 1 aliphatic carbocycles. The minimum Gasteiger partial charge on any atom is -0.393 e. The predicted molar refractivity (Wildman–Crippen MR) is 112 cm³/mol. The molecule has 1 aromatic rings. The van der Waals surface area contributed by atoms with Crippen molar-refractivity contribution < 1.29 is 23.1 Å². The summed E-state index contributed by atoms with van der Waals surface area (Å²) in [4.78, 5) is 21.1. The number of carbonyl (C=O) groups is 1. The first kappa shape index (κ1) is 24.0. The minimum atomic E-state index is -4.42. The van der Waals surface area contributed by atoms with Gasteiger partial charge in [-0.15, -0.1) is 0 Å². The van der Waals surface area contributed by atoms with Gasteiger partial charge >= 0.3 is 6.18 Å². The van der Waals surface area contributed by atoms with E-state index < -0.39 is 11.7 Å². The maximum absolute atomic E-state index is 13.0. The number of aliphatic hydroxyl groups is 1. The molecule has 2 aliphatic heterocycles. The molecule has 1 N–H and O–H groups in total. The molecule has 0 aromatic carbocycles. The molecule has 1 amide bonds. The number of rotatable bonds is 2. The zero-order chi connectivity index (χ0) is 22.6. The molecule has 8 heteroatoms. The monoisotopic (exact) mass is 441 g/mol. The molecule has 1 saturated heterocycles. The number of alkyl halides is 3. The SMILES string of the molecule is CCC.O=C(C1CCC(N2CCC(O)CC2)C1)N1CCc2ncc(C(F)(F)F)cc2C1. The zero-order valence-corrected chi connectivity index (χ0v) is 18.5. The lowest BCUT2D eigenvalue weighted by molar-refractivity contribution is -0.138. The summed E-state index contributed by atoms with van der Waals surface area (Å²) in [5.41, 5.74) is 0.413. The molecular weight excluding hydrogens is 407 g/mol. The number of hydrogen-bond donors (Lipinski definition) is 1. The van der Waals surface area contributed by atoms with E-state index in [1.807, 2.05) is 0 Å². The fraction of sp³-hybridized carbons (Fsp3) is 0.739. The Labute approximate surface area is 182 Å². The van der Waals surface area contributed by atoms with Gasteiger partial charge in [0.1, 0.15) is 0 Å². The van der Waals surface area contributed by atoms with Gasteiger partial charge in [-0.25, -0.2) is 0 Å². The quantitative estimate of drug-likeness (QED) is 0.753. The highest BCUT2D eigenvalue weighted by Crippen LogP contribution is 2.34. The summed E-state index contributed by atoms with van der Waals surface area (Å²) < 4.78 is 38.9. The van der Waals surface area contributed by atoms with Gasteiger partial charge in [0.15, 0.2) is 0 Å². The average molecular weight is 442 g/mol. The molecule has 3 heterocycles. The summed E-state index contributed by atoms with van der Waals surface area (Å²) in [6.07, 6.45) is 2.17. The van der Waals surface area contributed by atoms with Crippen molar-refractivity contribution in [3.8, 4) is 0 Å². The third-order valence-corrected chi connectivity index (χ3v) is 6.45. The normalized spacial score (nSPS) is 25.0. The van der Waals surface area contributed by atoms with E-state index in [2.05, 4.69) is 23.7 Å². The molecule has 174 valence electrons. The van der Waals surface area contributed by atoms with Crippen molar-refractivity contribution in [1.82, 2.24) is 14.8 Å². The molecule has 5 nitrogen and oxygen atoms in total. The van der Waals surface area contributed by atoms with Crippen molar-refractivity contribution in [3.63, 3.8) is 0 Å². The van der Waals surface area contributed by atoms with E-state index in [0.717, 1.165) is 57.5 Å². The first-order chi connectivity index (χ1) is 14.7. The molecule has 0 spiro atoms.